The molecular weight excluding hydrogens is 270 g/mol. The molecule has 1 unspecified atom stereocenters. The number of hydrogen-bond donors (Lipinski definition) is 3. The van der Waals surface area contributed by atoms with E-state index < -0.39 is 12.0 Å². The number of carboxylic acid groups (broad SMARTS) is 1. The summed E-state index contributed by atoms with van der Waals surface area (Å²) in [6.07, 6.45) is 0. The normalized spacial score (nSPS) is 11.5. The summed E-state index contributed by atoms with van der Waals surface area (Å²) < 4.78 is 0. The largest absolute Gasteiger partial charge is 0.477 e. The van der Waals surface area contributed by atoms with E-state index in [4.69, 9.17) is 16.6 Å². The van der Waals surface area contributed by atoms with E-state index in [9.17, 15) is 9.59 Å². The van der Waals surface area contributed by atoms with E-state index in [2.05, 4.69) is 16.8 Å². The zero-order valence-electron chi connectivity index (χ0n) is 11.3. The Labute approximate surface area is 120 Å². The molecule has 1 aromatic heterocycles. The molecule has 0 spiro atoms. The van der Waals surface area contributed by atoms with Gasteiger partial charge in [-0.15, -0.1) is 0 Å². The van der Waals surface area contributed by atoms with Crippen LogP contribution in [0.3, 0.4) is 0 Å². The van der Waals surface area contributed by atoms with Crippen molar-refractivity contribution >= 4 is 28.3 Å². The third-order valence-electron chi connectivity index (χ3n) is 2.89. The lowest BCUT2D eigenvalue weighted by molar-refractivity contribution is -0.117. The Morgan fingerprint density at radius 1 is 1.38 bits per heavy atom. The highest BCUT2D eigenvalue weighted by Gasteiger charge is 2.12. The summed E-state index contributed by atoms with van der Waals surface area (Å²) in [5, 5.41) is 9.71. The fourth-order valence-corrected chi connectivity index (χ4v) is 1.74. The van der Waals surface area contributed by atoms with E-state index in [-0.39, 0.29) is 11.5 Å². The van der Waals surface area contributed by atoms with E-state index in [1.165, 1.54) is 13.0 Å². The second kappa shape index (κ2) is 5.61. The number of para-hydroxylation sites is 1. The number of nitrogens with two attached hydrogens (primary N) is 2. The van der Waals surface area contributed by atoms with Crippen molar-refractivity contribution < 1.29 is 14.7 Å². The average Bonchev–Trinajstić information content (AvgIpc) is 2.44. The van der Waals surface area contributed by atoms with E-state index in [0.717, 1.165) is 0 Å². The molecule has 2 rings (SSSR count). The van der Waals surface area contributed by atoms with Gasteiger partial charge in [0.05, 0.1) is 11.2 Å². The van der Waals surface area contributed by atoms with E-state index in [0.29, 0.717) is 22.2 Å². The number of nitrogens with zero attached hydrogens (tertiary/aromatic N) is 1. The first-order valence-corrected chi connectivity index (χ1v) is 6.10. The Bertz CT molecular complexity index is 803. The number of fused-ring (bicyclic) bond motifs is 1. The van der Waals surface area contributed by atoms with Gasteiger partial charge >= 0.3 is 5.97 Å². The van der Waals surface area contributed by atoms with E-state index in [1.54, 1.807) is 18.2 Å². The maximum absolute atomic E-state index is 11.1. The summed E-state index contributed by atoms with van der Waals surface area (Å²) in [6.45, 7) is 1.34. The molecule has 6 nitrogen and oxygen atoms in total. The number of pyridine rings is 1. The van der Waals surface area contributed by atoms with Gasteiger partial charge < -0.3 is 16.6 Å². The van der Waals surface area contributed by atoms with Crippen molar-refractivity contribution in [2.75, 3.05) is 5.73 Å². The molecule has 0 aliphatic rings. The van der Waals surface area contributed by atoms with Crippen LogP contribution in [0.1, 0.15) is 23.0 Å². The standard InChI is InChI=1S/C15H13N3O3/c1-8(19)11(16)6-5-9-7-13(15(20)21)18-14-10(9)3-2-4-12(14)17/h2-4,7,11H,16-17H2,1H3,(H,20,21). The zero-order chi connectivity index (χ0) is 15.6. The van der Waals surface area contributed by atoms with Crippen molar-refractivity contribution in [3.63, 3.8) is 0 Å². The number of anilines is 1. The molecule has 0 saturated carbocycles. The summed E-state index contributed by atoms with van der Waals surface area (Å²) in [6, 6.07) is 5.50. The van der Waals surface area contributed by atoms with E-state index in [1.807, 2.05) is 0 Å². The number of aromatic nitrogens is 1. The number of hydrogen-bond acceptors (Lipinski definition) is 5. The number of nitrogen functional groups attached to an aromatic ring is 1. The molecule has 1 atom stereocenters. The smallest absolute Gasteiger partial charge is 0.354 e. The highest BCUT2D eigenvalue weighted by molar-refractivity contribution is 5.97. The van der Waals surface area contributed by atoms with Crippen LogP contribution in [-0.4, -0.2) is 27.9 Å². The monoisotopic (exact) mass is 283 g/mol. The lowest BCUT2D eigenvalue weighted by Gasteiger charge is -2.05. The van der Waals surface area contributed by atoms with Gasteiger partial charge in [-0.05, 0) is 19.1 Å². The van der Waals surface area contributed by atoms with Gasteiger partial charge in [-0.25, -0.2) is 9.78 Å². The molecule has 0 fully saturated rings. The Kier molecular flexibility index (Phi) is 3.87. The lowest BCUT2D eigenvalue weighted by Crippen LogP contribution is -2.25. The molecule has 0 aliphatic heterocycles. The van der Waals surface area contributed by atoms with Crippen LogP contribution in [0.15, 0.2) is 24.3 Å². The Morgan fingerprint density at radius 3 is 2.71 bits per heavy atom. The van der Waals surface area contributed by atoms with Crippen molar-refractivity contribution in [1.82, 2.24) is 4.98 Å². The van der Waals surface area contributed by atoms with Gasteiger partial charge in [0, 0.05) is 10.9 Å². The fourth-order valence-electron chi connectivity index (χ4n) is 1.74. The van der Waals surface area contributed by atoms with Crippen molar-refractivity contribution in [3.05, 3.63) is 35.5 Å². The molecule has 0 saturated heterocycles. The number of ketones is 1. The molecule has 1 heterocycles. The van der Waals surface area contributed by atoms with Gasteiger partial charge in [0.2, 0.25) is 0 Å². The van der Waals surface area contributed by atoms with Gasteiger partial charge in [0.1, 0.15) is 11.7 Å². The average molecular weight is 283 g/mol. The van der Waals surface area contributed by atoms with Crippen LogP contribution in [0.25, 0.3) is 10.9 Å². The van der Waals surface area contributed by atoms with Crippen LogP contribution in [0, 0.1) is 11.8 Å². The first-order valence-electron chi connectivity index (χ1n) is 6.10. The summed E-state index contributed by atoms with van der Waals surface area (Å²) in [4.78, 5) is 26.2. The van der Waals surface area contributed by atoms with Crippen LogP contribution in [0.2, 0.25) is 0 Å². The minimum Gasteiger partial charge on any atom is -0.477 e. The predicted molar refractivity (Wildman–Crippen MR) is 78.6 cm³/mol. The molecule has 2 aromatic rings. The van der Waals surface area contributed by atoms with Gasteiger partial charge in [-0.2, -0.15) is 0 Å². The van der Waals surface area contributed by atoms with Crippen LogP contribution in [0.4, 0.5) is 5.69 Å². The second-order valence-electron chi connectivity index (χ2n) is 4.46. The molecule has 5 N–H and O–H groups in total. The molecular formula is C15H13N3O3. The van der Waals surface area contributed by atoms with Crippen molar-refractivity contribution in [2.24, 2.45) is 5.73 Å². The second-order valence-corrected chi connectivity index (χ2v) is 4.46. The molecule has 0 radical (unpaired) electrons. The van der Waals surface area contributed by atoms with Crippen molar-refractivity contribution in [2.45, 2.75) is 13.0 Å². The summed E-state index contributed by atoms with van der Waals surface area (Å²) >= 11 is 0. The zero-order valence-corrected chi connectivity index (χ0v) is 11.3. The fraction of sp³-hybridized carbons (Fsp3) is 0.133. The number of carbonyl (C=O) groups is 2. The molecule has 0 aliphatic carbocycles. The van der Waals surface area contributed by atoms with Crippen LogP contribution >= 0.6 is 0 Å². The number of carbonyl (C=O) groups excluding carboxylic acids is 1. The summed E-state index contributed by atoms with van der Waals surface area (Å²) in [5.74, 6) is 3.88. The third-order valence-corrected chi connectivity index (χ3v) is 2.89. The van der Waals surface area contributed by atoms with Crippen molar-refractivity contribution in [1.29, 1.82) is 0 Å². The maximum atomic E-state index is 11.1. The first-order chi connectivity index (χ1) is 9.90. The van der Waals surface area contributed by atoms with Gasteiger partial charge in [0.25, 0.3) is 0 Å². The van der Waals surface area contributed by atoms with Gasteiger partial charge in [-0.1, -0.05) is 24.0 Å². The Hall–Kier alpha value is -2.91. The first kappa shape index (κ1) is 14.5. The topological polar surface area (TPSA) is 119 Å². The number of rotatable bonds is 2. The number of benzene rings is 1. The quantitative estimate of drug-likeness (QED) is 0.553. The number of carboxylic acids is 1. The van der Waals surface area contributed by atoms with E-state index >= 15 is 0 Å². The van der Waals surface area contributed by atoms with Gasteiger partial charge in [-0.3, -0.25) is 4.79 Å². The highest BCUT2D eigenvalue weighted by atomic mass is 16.4. The SMILES string of the molecule is CC(=O)C(N)C#Cc1cc(C(=O)O)nc2c(N)cccc12. The Balaban J connectivity index is 2.69. The number of aromatic carboxylic acids is 1. The minimum absolute atomic E-state index is 0.166. The van der Waals surface area contributed by atoms with Crippen LogP contribution in [-0.2, 0) is 4.79 Å². The van der Waals surface area contributed by atoms with Crippen molar-refractivity contribution in [3.8, 4) is 11.8 Å². The molecule has 1 aromatic carbocycles. The molecule has 21 heavy (non-hydrogen) atoms. The Morgan fingerprint density at radius 2 is 2.10 bits per heavy atom. The minimum atomic E-state index is -1.18. The molecule has 6 heteroatoms. The van der Waals surface area contributed by atoms with Crippen LogP contribution in [0.5, 0.6) is 0 Å². The molecule has 0 bridgehead atoms. The van der Waals surface area contributed by atoms with Crippen LogP contribution < -0.4 is 11.5 Å². The molecule has 0 amide bonds. The number of Topliss-reactive ketones (excluding diaryl/α,β-unsaturated/α-hetero) is 1. The third kappa shape index (κ3) is 2.99. The predicted octanol–water partition coefficient (Wildman–Crippen LogP) is 0.783. The van der Waals surface area contributed by atoms with Gasteiger partial charge in [0.15, 0.2) is 5.78 Å². The summed E-state index contributed by atoms with van der Waals surface area (Å²) in [5.41, 5.74) is 12.3. The maximum Gasteiger partial charge on any atom is 0.354 e. The summed E-state index contributed by atoms with van der Waals surface area (Å²) in [7, 11) is 0. The molecule has 106 valence electrons. The lowest BCUT2D eigenvalue weighted by atomic mass is 10.1. The highest BCUT2D eigenvalue weighted by Crippen LogP contribution is 2.23.